The summed E-state index contributed by atoms with van der Waals surface area (Å²) in [6.07, 6.45) is 0. The molecular formula is C22H25BrN3O4S+. The second kappa shape index (κ2) is 8.84. The number of halogens is 1. The van der Waals surface area contributed by atoms with Gasteiger partial charge in [0, 0.05) is 23.4 Å². The number of anilines is 3. The minimum Gasteiger partial charge on any atom is -0.591 e. The van der Waals surface area contributed by atoms with Gasteiger partial charge in [-0.2, -0.15) is 0 Å². The summed E-state index contributed by atoms with van der Waals surface area (Å²) in [6.45, 7) is 6.10. The van der Waals surface area contributed by atoms with Crippen molar-refractivity contribution in [1.29, 1.82) is 0 Å². The van der Waals surface area contributed by atoms with Gasteiger partial charge >= 0.3 is 0 Å². The van der Waals surface area contributed by atoms with E-state index in [1.54, 1.807) is 37.6 Å². The Labute approximate surface area is 192 Å². The van der Waals surface area contributed by atoms with Crippen molar-refractivity contribution in [3.05, 3.63) is 64.5 Å². The molecule has 164 valence electrons. The maximum absolute atomic E-state index is 12.5. The Bertz CT molecular complexity index is 1210. The zero-order valence-corrected chi connectivity index (χ0v) is 20.3. The van der Waals surface area contributed by atoms with Crippen molar-refractivity contribution < 1.29 is 9.90 Å². The van der Waals surface area contributed by atoms with Gasteiger partial charge in [-0.1, -0.05) is 13.8 Å². The SMILES string of the molecule is Cc1csc([C@H](Nc2c(Nc3ccc(Br)c(C(=O)N(C)C)c3[OH2+])c(=O)c2=O)C(C)C)c1. The first-order valence-electron chi connectivity index (χ1n) is 9.70. The molecule has 3 rings (SSSR count). The van der Waals surface area contributed by atoms with Gasteiger partial charge in [0.05, 0.1) is 6.04 Å². The van der Waals surface area contributed by atoms with Crippen molar-refractivity contribution in [1.82, 2.24) is 4.90 Å². The van der Waals surface area contributed by atoms with Crippen molar-refractivity contribution in [3.63, 3.8) is 0 Å². The number of rotatable bonds is 7. The van der Waals surface area contributed by atoms with E-state index in [1.807, 2.05) is 26.2 Å². The third-order valence-corrected chi connectivity index (χ3v) is 6.76. The summed E-state index contributed by atoms with van der Waals surface area (Å²) in [4.78, 5) is 39.6. The molecule has 1 atom stereocenters. The zero-order chi connectivity index (χ0) is 23.0. The van der Waals surface area contributed by atoms with Gasteiger partial charge in [-0.3, -0.25) is 14.4 Å². The van der Waals surface area contributed by atoms with E-state index in [2.05, 4.69) is 32.6 Å². The first-order chi connectivity index (χ1) is 14.5. The Balaban J connectivity index is 1.96. The number of carbonyl (C=O) groups excluding carboxylic acids is 1. The first kappa shape index (κ1) is 23.0. The van der Waals surface area contributed by atoms with Crippen molar-refractivity contribution in [2.24, 2.45) is 5.92 Å². The quantitative estimate of drug-likeness (QED) is 0.370. The standard InChI is InChI=1S/C22H24BrN3O4S/c1-10(2)16(14-8-11(3)9-31-14)25-18-17(20(28)21(18)29)24-13-7-6-12(23)15(19(13)27)22(30)26(4)5/h6-10,16,24-25,27H,1-5H3/p+1/t16-/m1/s1. The van der Waals surface area contributed by atoms with Gasteiger partial charge in [0.1, 0.15) is 17.1 Å². The molecule has 4 N–H and O–H groups in total. The molecule has 0 bridgehead atoms. The van der Waals surface area contributed by atoms with E-state index >= 15 is 0 Å². The highest BCUT2D eigenvalue weighted by molar-refractivity contribution is 9.10. The Hall–Kier alpha value is -2.65. The molecule has 0 spiro atoms. The normalized spacial score (nSPS) is 12.2. The average Bonchev–Trinajstić information content (AvgIpc) is 3.13. The van der Waals surface area contributed by atoms with Crippen LogP contribution in [-0.2, 0) is 0 Å². The minimum absolute atomic E-state index is 0.0543. The maximum Gasteiger partial charge on any atom is 0.292 e. The molecule has 31 heavy (non-hydrogen) atoms. The van der Waals surface area contributed by atoms with Crippen LogP contribution in [0.15, 0.2) is 37.6 Å². The van der Waals surface area contributed by atoms with Gasteiger partial charge in [-0.15, -0.1) is 11.3 Å². The van der Waals surface area contributed by atoms with Crippen molar-refractivity contribution >= 4 is 50.2 Å². The molecule has 1 heterocycles. The van der Waals surface area contributed by atoms with E-state index in [0.717, 1.165) is 10.4 Å². The lowest BCUT2D eigenvalue weighted by Gasteiger charge is -2.25. The topological polar surface area (TPSA) is 101 Å². The third-order valence-electron chi connectivity index (χ3n) is 4.97. The summed E-state index contributed by atoms with van der Waals surface area (Å²) in [5.74, 6) is -0.211. The van der Waals surface area contributed by atoms with Crippen molar-refractivity contribution in [2.75, 3.05) is 24.7 Å². The van der Waals surface area contributed by atoms with Crippen LogP contribution >= 0.6 is 27.3 Å². The predicted octanol–water partition coefficient (Wildman–Crippen LogP) is 4.11. The molecule has 0 fully saturated rings. The molecule has 1 amide bonds. The lowest BCUT2D eigenvalue weighted by molar-refractivity contribution is 0.0824. The number of amides is 1. The average molecular weight is 507 g/mol. The molecule has 3 aromatic rings. The van der Waals surface area contributed by atoms with Crippen LogP contribution in [0.1, 0.15) is 40.7 Å². The van der Waals surface area contributed by atoms with E-state index in [0.29, 0.717) is 4.47 Å². The van der Waals surface area contributed by atoms with Crippen LogP contribution in [0, 0.1) is 12.8 Å². The molecule has 9 heteroatoms. The number of nitrogens with zero attached hydrogens (tertiary/aromatic N) is 1. The second-order valence-electron chi connectivity index (χ2n) is 7.97. The highest BCUT2D eigenvalue weighted by Gasteiger charge is 2.29. The van der Waals surface area contributed by atoms with Gasteiger partial charge in [0.15, 0.2) is 5.56 Å². The first-order valence-corrected chi connectivity index (χ1v) is 11.4. The lowest BCUT2D eigenvalue weighted by Crippen LogP contribution is -2.38. The Morgan fingerprint density at radius 2 is 1.81 bits per heavy atom. The summed E-state index contributed by atoms with van der Waals surface area (Å²) in [5, 5.41) is 16.6. The van der Waals surface area contributed by atoms with Crippen LogP contribution < -0.4 is 21.5 Å². The molecular weight excluding hydrogens is 482 g/mol. The largest absolute Gasteiger partial charge is 0.591 e. The molecule has 0 saturated carbocycles. The summed E-state index contributed by atoms with van der Waals surface area (Å²) in [5.41, 5.74) is 0.682. The molecule has 0 aliphatic heterocycles. The summed E-state index contributed by atoms with van der Waals surface area (Å²) >= 11 is 4.92. The molecule has 2 aromatic carbocycles. The Morgan fingerprint density at radius 3 is 2.35 bits per heavy atom. The van der Waals surface area contributed by atoms with Gasteiger partial charge < -0.3 is 20.6 Å². The van der Waals surface area contributed by atoms with E-state index in [4.69, 9.17) is 5.11 Å². The summed E-state index contributed by atoms with van der Waals surface area (Å²) < 4.78 is 0.484. The van der Waals surface area contributed by atoms with Gasteiger partial charge in [0.25, 0.3) is 22.5 Å². The third kappa shape index (κ3) is 4.38. The van der Waals surface area contributed by atoms with E-state index < -0.39 is 10.9 Å². The molecule has 1 aromatic heterocycles. The molecule has 0 aliphatic carbocycles. The fraction of sp³-hybridized carbons (Fsp3) is 0.318. The number of hydrogen-bond acceptors (Lipinski definition) is 6. The van der Waals surface area contributed by atoms with E-state index in [-0.39, 0.29) is 46.2 Å². The minimum atomic E-state index is -0.643. The molecule has 7 nitrogen and oxygen atoms in total. The van der Waals surface area contributed by atoms with Crippen molar-refractivity contribution in [3.8, 4) is 5.75 Å². The smallest absolute Gasteiger partial charge is 0.292 e. The molecule has 0 aliphatic rings. The Morgan fingerprint density at radius 1 is 1.16 bits per heavy atom. The monoisotopic (exact) mass is 506 g/mol. The number of nitrogens with one attached hydrogen (secondary N) is 2. The maximum atomic E-state index is 12.5. The number of hydrogen-bond donors (Lipinski definition) is 2. The van der Waals surface area contributed by atoms with Crippen LogP contribution in [-0.4, -0.2) is 30.0 Å². The summed E-state index contributed by atoms with van der Waals surface area (Å²) in [7, 11) is 3.21. The second-order valence-corrected chi connectivity index (χ2v) is 9.77. The van der Waals surface area contributed by atoms with Crippen LogP contribution in [0.25, 0.3) is 0 Å². The predicted molar refractivity (Wildman–Crippen MR) is 130 cm³/mol. The van der Waals surface area contributed by atoms with E-state index in [1.165, 1.54) is 4.90 Å². The molecule has 0 saturated heterocycles. The van der Waals surface area contributed by atoms with Crippen LogP contribution in [0.5, 0.6) is 5.75 Å². The highest BCUT2D eigenvalue weighted by atomic mass is 79.9. The number of aryl methyl sites for hydroxylation is 1. The zero-order valence-electron chi connectivity index (χ0n) is 17.9. The Kier molecular flexibility index (Phi) is 6.56. The fourth-order valence-electron chi connectivity index (χ4n) is 3.24. The number of benzene rings is 1. The van der Waals surface area contributed by atoms with Crippen LogP contribution in [0.2, 0.25) is 0 Å². The molecule has 0 radical (unpaired) electrons. The van der Waals surface area contributed by atoms with Gasteiger partial charge in [0.2, 0.25) is 0 Å². The van der Waals surface area contributed by atoms with Gasteiger partial charge in [-0.25, -0.2) is 0 Å². The fourth-order valence-corrected chi connectivity index (χ4v) is 4.86. The van der Waals surface area contributed by atoms with Crippen LogP contribution in [0.4, 0.5) is 17.1 Å². The van der Waals surface area contributed by atoms with Crippen molar-refractivity contribution in [2.45, 2.75) is 26.8 Å². The number of thiophene rings is 1. The van der Waals surface area contributed by atoms with Crippen LogP contribution in [0.3, 0.4) is 0 Å². The summed E-state index contributed by atoms with van der Waals surface area (Å²) in [6, 6.07) is 5.17. The lowest BCUT2D eigenvalue weighted by atomic mass is 10.0. The van der Waals surface area contributed by atoms with Gasteiger partial charge in [-0.05, 0) is 57.9 Å². The highest BCUT2D eigenvalue weighted by Crippen LogP contribution is 2.38. The number of carbonyl (C=O) groups is 1. The van der Waals surface area contributed by atoms with E-state index in [9.17, 15) is 14.4 Å². The molecule has 0 unspecified atom stereocenters.